The van der Waals surface area contributed by atoms with Gasteiger partial charge in [-0.2, -0.15) is 5.10 Å². The van der Waals surface area contributed by atoms with Gasteiger partial charge in [0.25, 0.3) is 0 Å². The molecule has 0 saturated heterocycles. The first kappa shape index (κ1) is 14.6. The summed E-state index contributed by atoms with van der Waals surface area (Å²) in [5.74, 6) is 2.07. The van der Waals surface area contributed by atoms with E-state index in [1.807, 2.05) is 17.1 Å². The van der Waals surface area contributed by atoms with Crippen molar-refractivity contribution in [2.75, 3.05) is 5.73 Å². The summed E-state index contributed by atoms with van der Waals surface area (Å²) in [6.45, 7) is 13.6. The largest absolute Gasteiger partial charge is 0.383 e. The highest BCUT2D eigenvalue weighted by Gasteiger charge is 2.26. The van der Waals surface area contributed by atoms with E-state index in [0.717, 1.165) is 29.4 Å². The van der Waals surface area contributed by atoms with Crippen LogP contribution < -0.4 is 5.73 Å². The Hall–Kier alpha value is -1.78. The van der Waals surface area contributed by atoms with Gasteiger partial charge in [-0.05, 0) is 27.7 Å². The first-order chi connectivity index (χ1) is 9.25. The molecule has 2 aromatic heterocycles. The Balaban J connectivity index is 2.61. The molecule has 0 aliphatic carbocycles. The molecule has 0 bridgehead atoms. The van der Waals surface area contributed by atoms with Gasteiger partial charge in [0.05, 0.1) is 6.20 Å². The number of anilines is 1. The second kappa shape index (κ2) is 4.96. The lowest BCUT2D eigenvalue weighted by molar-refractivity contribution is 0.382. The van der Waals surface area contributed by atoms with Crippen LogP contribution in [0.25, 0.3) is 11.3 Å². The number of rotatable bonds is 3. The smallest absolute Gasteiger partial charge is 0.132 e. The van der Waals surface area contributed by atoms with Crippen molar-refractivity contribution in [3.63, 3.8) is 0 Å². The molecule has 0 amide bonds. The first-order valence-electron chi connectivity index (χ1n) is 7.17. The third-order valence-electron chi connectivity index (χ3n) is 3.36. The summed E-state index contributed by atoms with van der Waals surface area (Å²) >= 11 is 0. The molecule has 0 unspecified atom stereocenters. The number of nitrogens with zero attached hydrogens (tertiary/aromatic N) is 4. The second-order valence-corrected chi connectivity index (χ2v) is 6.45. The van der Waals surface area contributed by atoms with Crippen molar-refractivity contribution >= 4 is 5.82 Å². The Labute approximate surface area is 120 Å². The molecule has 2 heterocycles. The molecule has 2 N–H and O–H groups in total. The summed E-state index contributed by atoms with van der Waals surface area (Å²) in [5, 5.41) is 4.31. The maximum Gasteiger partial charge on any atom is 0.132 e. The van der Waals surface area contributed by atoms with Crippen LogP contribution in [0, 0.1) is 0 Å². The van der Waals surface area contributed by atoms with Gasteiger partial charge in [0.1, 0.15) is 17.3 Å². The fourth-order valence-electron chi connectivity index (χ4n) is 2.41. The number of imidazole rings is 1. The van der Waals surface area contributed by atoms with Crippen LogP contribution in [0.3, 0.4) is 0 Å². The van der Waals surface area contributed by atoms with Gasteiger partial charge in [-0.3, -0.25) is 4.68 Å². The van der Waals surface area contributed by atoms with Crippen molar-refractivity contribution in [1.29, 1.82) is 0 Å². The van der Waals surface area contributed by atoms with Crippen LogP contribution in [0.4, 0.5) is 5.82 Å². The maximum atomic E-state index is 6.37. The first-order valence-corrected chi connectivity index (χ1v) is 7.17. The molecule has 0 atom stereocenters. The van der Waals surface area contributed by atoms with E-state index < -0.39 is 0 Å². The highest BCUT2D eigenvalue weighted by atomic mass is 15.3. The van der Waals surface area contributed by atoms with Crippen LogP contribution in [-0.2, 0) is 12.1 Å². The minimum absolute atomic E-state index is 0.0876. The van der Waals surface area contributed by atoms with Crippen LogP contribution in [0.2, 0.25) is 0 Å². The molecule has 0 fully saturated rings. The molecule has 2 rings (SSSR count). The molecule has 5 heteroatoms. The summed E-state index contributed by atoms with van der Waals surface area (Å²) in [5.41, 5.74) is 8.10. The van der Waals surface area contributed by atoms with Crippen molar-refractivity contribution in [3.05, 3.63) is 18.2 Å². The molecule has 0 aliphatic rings. The Morgan fingerprint density at radius 3 is 2.35 bits per heavy atom. The zero-order valence-corrected chi connectivity index (χ0v) is 13.3. The minimum Gasteiger partial charge on any atom is -0.383 e. The number of nitrogens with two attached hydrogens (primary N) is 1. The lowest BCUT2D eigenvalue weighted by atomic mass is 10.1. The standard InChI is InChI=1S/C15H25N5/c1-7-19-9-11(8-17-19)12-13(16)20(15(4,5)6)14(18-12)10(2)3/h8-10H,7,16H2,1-6H3. The van der Waals surface area contributed by atoms with E-state index in [1.165, 1.54) is 0 Å². The van der Waals surface area contributed by atoms with Gasteiger partial charge < -0.3 is 10.3 Å². The molecule has 2 aromatic rings. The van der Waals surface area contributed by atoms with Gasteiger partial charge in [-0.1, -0.05) is 13.8 Å². The van der Waals surface area contributed by atoms with Gasteiger partial charge in [0.2, 0.25) is 0 Å². The highest BCUT2D eigenvalue weighted by Crippen LogP contribution is 2.33. The Morgan fingerprint density at radius 2 is 1.95 bits per heavy atom. The van der Waals surface area contributed by atoms with E-state index in [2.05, 4.69) is 51.2 Å². The SMILES string of the molecule is CCn1cc(-c2nc(C(C)C)n(C(C)(C)C)c2N)cn1. The van der Waals surface area contributed by atoms with Crippen molar-refractivity contribution in [2.45, 2.75) is 59.5 Å². The fourth-order valence-corrected chi connectivity index (χ4v) is 2.41. The lowest BCUT2D eigenvalue weighted by Gasteiger charge is -2.26. The van der Waals surface area contributed by atoms with E-state index in [9.17, 15) is 0 Å². The van der Waals surface area contributed by atoms with Crippen LogP contribution in [0.1, 0.15) is 53.3 Å². The van der Waals surface area contributed by atoms with Crippen molar-refractivity contribution in [3.8, 4) is 11.3 Å². The molecule has 0 spiro atoms. The molecule has 20 heavy (non-hydrogen) atoms. The topological polar surface area (TPSA) is 61.7 Å². The zero-order chi connectivity index (χ0) is 15.1. The van der Waals surface area contributed by atoms with Gasteiger partial charge >= 0.3 is 0 Å². The normalized spacial score (nSPS) is 12.3. The third-order valence-corrected chi connectivity index (χ3v) is 3.36. The molecule has 0 radical (unpaired) electrons. The van der Waals surface area contributed by atoms with Crippen molar-refractivity contribution < 1.29 is 0 Å². The molecule has 0 aromatic carbocycles. The minimum atomic E-state index is -0.0876. The predicted octanol–water partition coefficient (Wildman–Crippen LogP) is 3.23. The van der Waals surface area contributed by atoms with E-state index in [4.69, 9.17) is 10.7 Å². The molecule has 0 saturated carbocycles. The van der Waals surface area contributed by atoms with Gasteiger partial charge in [-0.25, -0.2) is 4.98 Å². The molecule has 5 nitrogen and oxygen atoms in total. The van der Waals surface area contributed by atoms with Crippen LogP contribution >= 0.6 is 0 Å². The van der Waals surface area contributed by atoms with Gasteiger partial charge in [-0.15, -0.1) is 0 Å². The molecular formula is C15H25N5. The van der Waals surface area contributed by atoms with Crippen molar-refractivity contribution in [1.82, 2.24) is 19.3 Å². The van der Waals surface area contributed by atoms with Crippen LogP contribution in [0.15, 0.2) is 12.4 Å². The average molecular weight is 275 g/mol. The number of nitrogen functional groups attached to an aromatic ring is 1. The van der Waals surface area contributed by atoms with E-state index in [0.29, 0.717) is 5.92 Å². The van der Waals surface area contributed by atoms with Crippen molar-refractivity contribution in [2.24, 2.45) is 0 Å². The van der Waals surface area contributed by atoms with E-state index in [1.54, 1.807) is 0 Å². The summed E-state index contributed by atoms with van der Waals surface area (Å²) in [6.07, 6.45) is 3.83. The maximum absolute atomic E-state index is 6.37. The molecule has 0 aliphatic heterocycles. The Bertz CT molecular complexity index is 598. The Morgan fingerprint density at radius 1 is 1.30 bits per heavy atom. The number of aryl methyl sites for hydroxylation is 1. The quantitative estimate of drug-likeness (QED) is 0.935. The summed E-state index contributed by atoms with van der Waals surface area (Å²) in [4.78, 5) is 4.78. The van der Waals surface area contributed by atoms with Crippen LogP contribution in [-0.4, -0.2) is 19.3 Å². The Kier molecular flexibility index (Phi) is 3.63. The van der Waals surface area contributed by atoms with E-state index in [-0.39, 0.29) is 5.54 Å². The highest BCUT2D eigenvalue weighted by molar-refractivity contribution is 5.70. The number of hydrogen-bond donors (Lipinski definition) is 1. The lowest BCUT2D eigenvalue weighted by Crippen LogP contribution is -2.26. The molecule has 110 valence electrons. The summed E-state index contributed by atoms with van der Waals surface area (Å²) < 4.78 is 4.02. The molecular weight excluding hydrogens is 250 g/mol. The average Bonchev–Trinajstić information content (AvgIpc) is 2.91. The number of hydrogen-bond acceptors (Lipinski definition) is 3. The third kappa shape index (κ3) is 2.44. The monoisotopic (exact) mass is 275 g/mol. The zero-order valence-electron chi connectivity index (χ0n) is 13.3. The fraction of sp³-hybridized carbons (Fsp3) is 0.600. The summed E-state index contributed by atoms with van der Waals surface area (Å²) in [7, 11) is 0. The van der Waals surface area contributed by atoms with Gasteiger partial charge in [0, 0.05) is 29.8 Å². The number of aromatic nitrogens is 4. The van der Waals surface area contributed by atoms with Gasteiger partial charge in [0.15, 0.2) is 0 Å². The second-order valence-electron chi connectivity index (χ2n) is 6.45. The van der Waals surface area contributed by atoms with E-state index >= 15 is 0 Å². The predicted molar refractivity (Wildman–Crippen MR) is 82.6 cm³/mol. The summed E-state index contributed by atoms with van der Waals surface area (Å²) in [6, 6.07) is 0. The van der Waals surface area contributed by atoms with Crippen LogP contribution in [0.5, 0.6) is 0 Å².